The van der Waals surface area contributed by atoms with Crippen LogP contribution >= 0.6 is 23.2 Å². The summed E-state index contributed by atoms with van der Waals surface area (Å²) < 4.78 is 0. The lowest BCUT2D eigenvalue weighted by Crippen LogP contribution is -2.23. The number of halogens is 2. The molecule has 0 fully saturated rings. The van der Waals surface area contributed by atoms with E-state index in [4.69, 9.17) is 23.2 Å². The van der Waals surface area contributed by atoms with E-state index in [1.54, 1.807) is 30.6 Å². The fourth-order valence-corrected chi connectivity index (χ4v) is 2.52. The first kappa shape index (κ1) is 13.9. The predicted molar refractivity (Wildman–Crippen MR) is 77.4 cm³/mol. The van der Waals surface area contributed by atoms with Gasteiger partial charge in [-0.1, -0.05) is 23.2 Å². The molecule has 0 aliphatic carbocycles. The molecule has 2 nitrogen and oxygen atoms in total. The number of hydrogen-bond donors (Lipinski definition) is 0. The van der Waals surface area contributed by atoms with Crippen molar-refractivity contribution in [2.75, 3.05) is 0 Å². The van der Waals surface area contributed by atoms with E-state index in [0.29, 0.717) is 16.5 Å². The van der Waals surface area contributed by atoms with Gasteiger partial charge in [-0.2, -0.15) is 5.26 Å². The Morgan fingerprint density at radius 3 is 2.53 bits per heavy atom. The first-order valence-electron chi connectivity index (χ1n) is 5.81. The van der Waals surface area contributed by atoms with Gasteiger partial charge < -0.3 is 0 Å². The number of hydrogen-bond acceptors (Lipinski definition) is 2. The van der Waals surface area contributed by atoms with Crippen molar-refractivity contribution < 1.29 is 0 Å². The number of aromatic nitrogens is 1. The van der Waals surface area contributed by atoms with Crippen molar-refractivity contribution in [3.05, 3.63) is 63.9 Å². The number of nitriles is 1. The number of benzene rings is 1. The van der Waals surface area contributed by atoms with Crippen molar-refractivity contribution in [2.24, 2.45) is 0 Å². The lowest BCUT2D eigenvalue weighted by molar-refractivity contribution is 0.606. The van der Waals surface area contributed by atoms with Crippen LogP contribution in [0.1, 0.15) is 18.1 Å². The Balaban J connectivity index is 2.43. The van der Waals surface area contributed by atoms with Crippen LogP contribution in [-0.2, 0) is 11.8 Å². The van der Waals surface area contributed by atoms with Gasteiger partial charge in [0, 0.05) is 22.4 Å². The molecule has 2 rings (SSSR count). The Morgan fingerprint density at radius 2 is 1.89 bits per heavy atom. The van der Waals surface area contributed by atoms with Crippen LogP contribution in [0.15, 0.2) is 42.7 Å². The van der Waals surface area contributed by atoms with E-state index in [0.717, 1.165) is 11.1 Å². The molecular weight excluding hydrogens is 279 g/mol. The predicted octanol–water partition coefficient (Wildman–Crippen LogP) is 4.41. The van der Waals surface area contributed by atoms with Gasteiger partial charge in [0.2, 0.25) is 0 Å². The molecule has 0 saturated heterocycles. The van der Waals surface area contributed by atoms with Crippen molar-refractivity contribution in [1.29, 1.82) is 5.26 Å². The summed E-state index contributed by atoms with van der Waals surface area (Å²) in [5.74, 6) is 0. The Labute approximate surface area is 122 Å². The second-order valence-corrected chi connectivity index (χ2v) is 5.44. The third-order valence-electron chi connectivity index (χ3n) is 3.08. The summed E-state index contributed by atoms with van der Waals surface area (Å²) in [5.41, 5.74) is 1.07. The topological polar surface area (TPSA) is 36.7 Å². The standard InChI is InChI=1S/C15H12Cl2N2/c1-15(10-18,9-11-4-6-19-7-5-11)13-8-12(16)2-3-14(13)17/h2-8H,9H2,1H3. The molecule has 96 valence electrons. The van der Waals surface area contributed by atoms with Gasteiger partial charge >= 0.3 is 0 Å². The molecule has 1 unspecified atom stereocenters. The molecule has 0 saturated carbocycles. The van der Waals surface area contributed by atoms with Gasteiger partial charge in [0.1, 0.15) is 0 Å². The second-order valence-electron chi connectivity index (χ2n) is 4.60. The molecular formula is C15H12Cl2N2. The molecule has 0 spiro atoms. The third-order valence-corrected chi connectivity index (χ3v) is 3.64. The average molecular weight is 291 g/mol. The Bertz CT molecular complexity index is 620. The van der Waals surface area contributed by atoms with Crippen LogP contribution in [-0.4, -0.2) is 4.98 Å². The minimum absolute atomic E-state index is 0.558. The zero-order chi connectivity index (χ0) is 13.9. The molecule has 0 aliphatic rings. The van der Waals surface area contributed by atoms with E-state index in [9.17, 15) is 5.26 Å². The quantitative estimate of drug-likeness (QED) is 0.839. The molecule has 0 radical (unpaired) electrons. The van der Waals surface area contributed by atoms with Crippen LogP contribution in [0.3, 0.4) is 0 Å². The summed E-state index contributed by atoms with van der Waals surface area (Å²) in [6, 6.07) is 11.3. The fourth-order valence-electron chi connectivity index (χ4n) is 2.02. The summed E-state index contributed by atoms with van der Waals surface area (Å²) in [5, 5.41) is 10.7. The van der Waals surface area contributed by atoms with E-state index in [1.165, 1.54) is 0 Å². The van der Waals surface area contributed by atoms with E-state index in [2.05, 4.69) is 11.1 Å². The summed E-state index contributed by atoms with van der Waals surface area (Å²) >= 11 is 12.2. The molecule has 1 aromatic heterocycles. The number of pyridine rings is 1. The average Bonchev–Trinajstić information content (AvgIpc) is 2.42. The van der Waals surface area contributed by atoms with Crippen molar-refractivity contribution in [2.45, 2.75) is 18.8 Å². The molecule has 1 atom stereocenters. The van der Waals surface area contributed by atoms with Crippen LogP contribution in [0.2, 0.25) is 10.0 Å². The molecule has 0 amide bonds. The van der Waals surface area contributed by atoms with Crippen LogP contribution in [0.25, 0.3) is 0 Å². The van der Waals surface area contributed by atoms with Gasteiger partial charge in [-0.15, -0.1) is 0 Å². The van der Waals surface area contributed by atoms with Crippen molar-refractivity contribution in [3.8, 4) is 6.07 Å². The lowest BCUT2D eigenvalue weighted by atomic mass is 9.79. The Kier molecular flexibility index (Phi) is 4.09. The summed E-state index contributed by atoms with van der Waals surface area (Å²) in [7, 11) is 0. The van der Waals surface area contributed by atoms with Gasteiger partial charge in [0.15, 0.2) is 0 Å². The molecule has 2 aromatic rings. The highest BCUT2D eigenvalue weighted by atomic mass is 35.5. The SMILES string of the molecule is CC(C#N)(Cc1ccncc1)c1cc(Cl)ccc1Cl. The van der Waals surface area contributed by atoms with Crippen molar-refractivity contribution >= 4 is 23.2 Å². The van der Waals surface area contributed by atoms with E-state index in [1.807, 2.05) is 19.1 Å². The largest absolute Gasteiger partial charge is 0.265 e. The van der Waals surface area contributed by atoms with Gasteiger partial charge in [-0.3, -0.25) is 4.98 Å². The fraction of sp³-hybridized carbons (Fsp3) is 0.200. The smallest absolute Gasteiger partial charge is 0.0849 e. The van der Waals surface area contributed by atoms with Gasteiger partial charge in [0.25, 0.3) is 0 Å². The Morgan fingerprint density at radius 1 is 1.21 bits per heavy atom. The Hall–Kier alpha value is -1.56. The maximum atomic E-state index is 9.55. The molecule has 1 aromatic carbocycles. The monoisotopic (exact) mass is 290 g/mol. The highest BCUT2D eigenvalue weighted by Crippen LogP contribution is 2.34. The first-order valence-corrected chi connectivity index (χ1v) is 6.56. The van der Waals surface area contributed by atoms with Crippen LogP contribution < -0.4 is 0 Å². The van der Waals surface area contributed by atoms with Crippen LogP contribution in [0, 0.1) is 11.3 Å². The molecule has 19 heavy (non-hydrogen) atoms. The molecule has 0 aliphatic heterocycles. The zero-order valence-electron chi connectivity index (χ0n) is 10.4. The van der Waals surface area contributed by atoms with Crippen LogP contribution in [0.4, 0.5) is 0 Å². The van der Waals surface area contributed by atoms with Crippen molar-refractivity contribution in [1.82, 2.24) is 4.98 Å². The minimum Gasteiger partial charge on any atom is -0.265 e. The minimum atomic E-state index is -0.719. The number of rotatable bonds is 3. The van der Waals surface area contributed by atoms with Gasteiger partial charge in [-0.25, -0.2) is 0 Å². The normalized spacial score (nSPS) is 13.6. The maximum absolute atomic E-state index is 9.55. The third kappa shape index (κ3) is 3.07. The highest BCUT2D eigenvalue weighted by Gasteiger charge is 2.29. The molecule has 4 heteroatoms. The number of nitrogens with zero attached hydrogens (tertiary/aromatic N) is 2. The van der Waals surface area contributed by atoms with E-state index >= 15 is 0 Å². The zero-order valence-corrected chi connectivity index (χ0v) is 11.9. The van der Waals surface area contributed by atoms with Gasteiger partial charge in [-0.05, 0) is 54.8 Å². The molecule has 0 N–H and O–H groups in total. The second kappa shape index (κ2) is 5.61. The van der Waals surface area contributed by atoms with E-state index < -0.39 is 5.41 Å². The summed E-state index contributed by atoms with van der Waals surface area (Å²) in [4.78, 5) is 3.98. The van der Waals surface area contributed by atoms with E-state index in [-0.39, 0.29) is 0 Å². The highest BCUT2D eigenvalue weighted by molar-refractivity contribution is 6.33. The molecule has 0 bridgehead atoms. The lowest BCUT2D eigenvalue weighted by Gasteiger charge is -2.23. The summed E-state index contributed by atoms with van der Waals surface area (Å²) in [6.45, 7) is 1.87. The first-order chi connectivity index (χ1) is 9.05. The summed E-state index contributed by atoms with van der Waals surface area (Å²) in [6.07, 6.45) is 3.99. The van der Waals surface area contributed by atoms with Crippen LogP contribution in [0.5, 0.6) is 0 Å². The molecule has 1 heterocycles. The van der Waals surface area contributed by atoms with Crippen molar-refractivity contribution in [3.63, 3.8) is 0 Å². The maximum Gasteiger partial charge on any atom is 0.0849 e. The van der Waals surface area contributed by atoms with Gasteiger partial charge in [0.05, 0.1) is 11.5 Å².